The highest BCUT2D eigenvalue weighted by Gasteiger charge is 2.39. The Morgan fingerprint density at radius 3 is 1.88 bits per heavy atom. The molecule has 0 bridgehead atoms. The molecule has 0 heterocycles. The number of hydrogen-bond acceptors (Lipinski definition) is 1. The van der Waals surface area contributed by atoms with Crippen LogP contribution < -0.4 is 0 Å². The third-order valence-electron chi connectivity index (χ3n) is 0.357. The van der Waals surface area contributed by atoms with Gasteiger partial charge in [0.05, 0.1) is 0 Å². The Morgan fingerprint density at radius 1 is 1.50 bits per heavy atom. The van der Waals surface area contributed by atoms with Gasteiger partial charge in [0.25, 0.3) is 0 Å². The van der Waals surface area contributed by atoms with Crippen LogP contribution in [0, 0.1) is 0 Å². The molecule has 0 amide bonds. The summed E-state index contributed by atoms with van der Waals surface area (Å²) in [4.78, 5) is 0. The maximum absolute atomic E-state index is 11.6. The summed E-state index contributed by atoms with van der Waals surface area (Å²) >= 11 is 4.35. The zero-order chi connectivity index (χ0) is 6.78. The van der Waals surface area contributed by atoms with E-state index >= 15 is 0 Å². The lowest BCUT2D eigenvalue weighted by molar-refractivity contribution is 0.0552. The lowest BCUT2D eigenvalue weighted by atomic mass is 10.8. The van der Waals surface area contributed by atoms with Gasteiger partial charge in [-0.3, -0.25) is 0 Å². The van der Waals surface area contributed by atoms with Gasteiger partial charge in [0.2, 0.25) is 5.63 Å². The van der Waals surface area contributed by atoms with Crippen molar-refractivity contribution in [1.29, 1.82) is 0 Å². The molecule has 0 aromatic carbocycles. The number of alkyl halides is 4. The summed E-state index contributed by atoms with van der Waals surface area (Å²) in [7, 11) is 4.10. The third-order valence-corrected chi connectivity index (χ3v) is 1.79. The quantitative estimate of drug-likeness (QED) is 0.595. The molecule has 1 unspecified atom stereocenters. The summed E-state index contributed by atoms with van der Waals surface area (Å²) in [5.74, 6) is 0. The molecular weight excluding hydrogens is 184 g/mol. The average molecular weight is 185 g/mol. The summed E-state index contributed by atoms with van der Waals surface area (Å²) in [6.07, 6.45) is 0. The molecule has 0 aromatic rings. The number of hydrogen-bond donors (Lipinski definition) is 0. The van der Waals surface area contributed by atoms with E-state index in [4.69, 9.17) is 0 Å². The van der Waals surface area contributed by atoms with Gasteiger partial charge in [-0.25, -0.2) is 4.39 Å². The first-order valence-electron chi connectivity index (χ1n) is 1.46. The molecule has 0 saturated carbocycles. The Balaban J connectivity index is 3.71. The molecule has 0 rings (SSSR count). The van der Waals surface area contributed by atoms with Crippen LogP contribution in [0.3, 0.4) is 0 Å². The van der Waals surface area contributed by atoms with Crippen molar-refractivity contribution in [2.75, 3.05) is 0 Å². The van der Waals surface area contributed by atoms with Crippen LogP contribution >= 0.6 is 33.3 Å². The Kier molecular flexibility index (Phi) is 3.31. The number of rotatable bonds is 2. The first-order valence-corrected chi connectivity index (χ1v) is 3.54. The highest BCUT2D eigenvalue weighted by atomic mass is 35.7. The highest BCUT2D eigenvalue weighted by Crippen LogP contribution is 2.38. The third kappa shape index (κ3) is 2.33. The fourth-order valence-corrected chi connectivity index (χ4v) is 0.606. The summed E-state index contributed by atoms with van der Waals surface area (Å²) in [5.41, 5.74) is -2.72. The minimum atomic E-state index is -3.68. The van der Waals surface area contributed by atoms with Gasteiger partial charge in [0.1, 0.15) is 0 Å². The standard InChI is InChI=1S/C2HCl2F3S/c3-1(5)2(6,7)8-4/h1H. The molecule has 6 heteroatoms. The molecule has 0 fully saturated rings. The second kappa shape index (κ2) is 3.03. The maximum Gasteiger partial charge on any atom is 0.352 e. The van der Waals surface area contributed by atoms with Gasteiger partial charge in [-0.05, 0) is 10.7 Å². The van der Waals surface area contributed by atoms with Gasteiger partial charge in [-0.1, -0.05) is 11.6 Å². The summed E-state index contributed by atoms with van der Waals surface area (Å²) in [6.45, 7) is 0. The lowest BCUT2D eigenvalue weighted by Gasteiger charge is -2.09. The van der Waals surface area contributed by atoms with Crippen LogP contribution in [0.25, 0.3) is 0 Å². The zero-order valence-electron chi connectivity index (χ0n) is 3.38. The van der Waals surface area contributed by atoms with E-state index in [2.05, 4.69) is 22.3 Å². The smallest absolute Gasteiger partial charge is 0.222 e. The number of halogens is 5. The van der Waals surface area contributed by atoms with Crippen LogP contribution in [0.1, 0.15) is 0 Å². The molecule has 8 heavy (non-hydrogen) atoms. The van der Waals surface area contributed by atoms with E-state index in [9.17, 15) is 13.2 Å². The first-order chi connectivity index (χ1) is 3.50. The summed E-state index contributed by atoms with van der Waals surface area (Å²) in [5, 5.41) is -3.68. The van der Waals surface area contributed by atoms with Gasteiger partial charge in [-0.2, -0.15) is 8.78 Å². The first kappa shape index (κ1) is 8.72. The summed E-state index contributed by atoms with van der Waals surface area (Å²) < 4.78 is 34.6. The molecule has 0 aromatic heterocycles. The van der Waals surface area contributed by atoms with Gasteiger partial charge >= 0.3 is 5.25 Å². The predicted molar refractivity (Wildman–Crippen MR) is 29.1 cm³/mol. The van der Waals surface area contributed by atoms with E-state index in [0.29, 0.717) is 0 Å². The second-order valence-electron chi connectivity index (χ2n) is 0.940. The van der Waals surface area contributed by atoms with E-state index in [1.54, 1.807) is 0 Å². The van der Waals surface area contributed by atoms with Crippen LogP contribution in [-0.2, 0) is 0 Å². The van der Waals surface area contributed by atoms with E-state index in [-0.39, 0.29) is 0 Å². The van der Waals surface area contributed by atoms with Crippen LogP contribution in [0.15, 0.2) is 0 Å². The molecule has 0 spiro atoms. The van der Waals surface area contributed by atoms with Crippen molar-refractivity contribution in [3.63, 3.8) is 0 Å². The minimum Gasteiger partial charge on any atom is -0.222 e. The van der Waals surface area contributed by atoms with Gasteiger partial charge in [0.15, 0.2) is 0 Å². The van der Waals surface area contributed by atoms with Crippen molar-refractivity contribution in [2.24, 2.45) is 0 Å². The van der Waals surface area contributed by atoms with Crippen molar-refractivity contribution < 1.29 is 13.2 Å². The zero-order valence-corrected chi connectivity index (χ0v) is 5.70. The van der Waals surface area contributed by atoms with Gasteiger partial charge in [0, 0.05) is 11.0 Å². The van der Waals surface area contributed by atoms with Crippen molar-refractivity contribution >= 4 is 33.3 Å². The molecular formula is C2HCl2F3S. The van der Waals surface area contributed by atoms with Gasteiger partial charge < -0.3 is 0 Å². The molecule has 0 radical (unpaired) electrons. The Morgan fingerprint density at radius 2 is 1.88 bits per heavy atom. The normalized spacial score (nSPS) is 16.1. The largest absolute Gasteiger partial charge is 0.352 e. The van der Waals surface area contributed by atoms with Crippen molar-refractivity contribution in [3.05, 3.63) is 0 Å². The van der Waals surface area contributed by atoms with E-state index in [0.717, 1.165) is 0 Å². The van der Waals surface area contributed by atoms with E-state index in [1.807, 2.05) is 0 Å². The predicted octanol–water partition coefficient (Wildman–Crippen LogP) is 3.00. The van der Waals surface area contributed by atoms with Crippen molar-refractivity contribution in [3.8, 4) is 0 Å². The van der Waals surface area contributed by atoms with Crippen LogP contribution in [0.5, 0.6) is 0 Å². The Labute approximate surface area is 57.8 Å². The van der Waals surface area contributed by atoms with Crippen molar-refractivity contribution in [2.45, 2.75) is 10.9 Å². The molecule has 0 N–H and O–H groups in total. The minimum absolute atomic E-state index is 0.433. The second-order valence-corrected chi connectivity index (χ2v) is 2.48. The molecule has 0 aliphatic heterocycles. The lowest BCUT2D eigenvalue weighted by Crippen LogP contribution is -2.18. The highest BCUT2D eigenvalue weighted by molar-refractivity contribution is 8.21. The average Bonchev–Trinajstić information content (AvgIpc) is 1.67. The fraction of sp³-hybridized carbons (Fsp3) is 1.00. The van der Waals surface area contributed by atoms with Crippen LogP contribution in [-0.4, -0.2) is 10.9 Å². The topological polar surface area (TPSA) is 0 Å². The molecule has 0 aliphatic carbocycles. The molecule has 0 aliphatic rings. The Hall–Kier alpha value is 0.720. The molecule has 50 valence electrons. The monoisotopic (exact) mass is 184 g/mol. The maximum atomic E-state index is 11.6. The van der Waals surface area contributed by atoms with Crippen LogP contribution in [0.2, 0.25) is 0 Å². The molecule has 0 nitrogen and oxygen atoms in total. The Bertz CT molecular complexity index is 75.7. The summed E-state index contributed by atoms with van der Waals surface area (Å²) in [6, 6.07) is 0. The molecule has 0 saturated heterocycles. The van der Waals surface area contributed by atoms with Crippen LogP contribution in [0.4, 0.5) is 13.2 Å². The SMILES string of the molecule is FC(Cl)C(F)(F)SCl. The van der Waals surface area contributed by atoms with Gasteiger partial charge in [-0.15, -0.1) is 0 Å². The molecule has 1 atom stereocenters. The van der Waals surface area contributed by atoms with Crippen molar-refractivity contribution in [1.82, 2.24) is 0 Å². The van der Waals surface area contributed by atoms with E-state index < -0.39 is 21.9 Å². The fourth-order valence-electron chi connectivity index (χ4n) is 0.0337. The van der Waals surface area contributed by atoms with E-state index in [1.165, 1.54) is 0 Å².